The summed E-state index contributed by atoms with van der Waals surface area (Å²) in [4.78, 5) is 28.4. The molecule has 3 aliphatic rings. The predicted molar refractivity (Wildman–Crippen MR) is 120 cm³/mol. The number of carbonyl (C=O) groups excluding carboxylic acids is 1. The van der Waals surface area contributed by atoms with Crippen molar-refractivity contribution in [3.8, 4) is 0 Å². The van der Waals surface area contributed by atoms with Crippen molar-refractivity contribution in [1.82, 2.24) is 24.2 Å². The molecule has 0 spiro atoms. The number of amides is 1. The molecular formula is C25H27N5O2. The molecule has 3 atom stereocenters. The van der Waals surface area contributed by atoms with E-state index in [4.69, 9.17) is 0 Å². The zero-order chi connectivity index (χ0) is 21.7. The molecule has 0 aliphatic carbocycles. The lowest BCUT2D eigenvalue weighted by Gasteiger charge is -2.47. The largest absolute Gasteiger partial charge is 0.335 e. The number of likely N-dealkylation sites (tertiary alicyclic amines) is 1. The van der Waals surface area contributed by atoms with Crippen molar-refractivity contribution in [2.45, 2.75) is 50.6 Å². The van der Waals surface area contributed by atoms with E-state index in [-0.39, 0.29) is 29.3 Å². The number of carbonyl (C=O) groups is 1. The first-order valence-electron chi connectivity index (χ1n) is 11.7. The molecule has 164 valence electrons. The molecule has 0 radical (unpaired) electrons. The molecule has 3 aromatic rings. The standard InChI is InChI=1S/C25H27N5O2/c31-23-11-6-9-20-18-14-19(21(30(20)23)13-17-7-2-1-3-8-17)16-28(15-18)25(32)24-27-26-22-10-4-5-12-29(22)24/h1-3,6-9,11,18-19,21H,4-5,10,12-16H2/t18-,19+,21+/m1/s1. The minimum Gasteiger partial charge on any atom is -0.335 e. The number of benzene rings is 1. The average molecular weight is 430 g/mol. The van der Waals surface area contributed by atoms with Crippen LogP contribution in [0, 0.1) is 5.92 Å². The van der Waals surface area contributed by atoms with Crippen LogP contribution >= 0.6 is 0 Å². The van der Waals surface area contributed by atoms with Crippen LogP contribution in [0.2, 0.25) is 0 Å². The number of aromatic nitrogens is 4. The summed E-state index contributed by atoms with van der Waals surface area (Å²) in [6, 6.07) is 16.0. The maximum absolute atomic E-state index is 13.5. The molecule has 2 aromatic heterocycles. The molecule has 5 heterocycles. The molecule has 7 heteroatoms. The summed E-state index contributed by atoms with van der Waals surface area (Å²) in [7, 11) is 0. The van der Waals surface area contributed by atoms with E-state index < -0.39 is 0 Å². The van der Waals surface area contributed by atoms with Gasteiger partial charge in [-0.2, -0.15) is 0 Å². The molecule has 1 amide bonds. The van der Waals surface area contributed by atoms with Crippen LogP contribution in [0.15, 0.2) is 53.3 Å². The molecule has 3 aliphatic heterocycles. The summed E-state index contributed by atoms with van der Waals surface area (Å²) < 4.78 is 4.02. The predicted octanol–water partition coefficient (Wildman–Crippen LogP) is 2.82. The monoisotopic (exact) mass is 429 g/mol. The van der Waals surface area contributed by atoms with Gasteiger partial charge in [0, 0.05) is 49.8 Å². The third-order valence-corrected chi connectivity index (χ3v) is 7.42. The highest BCUT2D eigenvalue weighted by Crippen LogP contribution is 2.42. The molecule has 2 bridgehead atoms. The molecule has 0 unspecified atom stereocenters. The van der Waals surface area contributed by atoms with Gasteiger partial charge in [-0.15, -0.1) is 10.2 Å². The topological polar surface area (TPSA) is 73.0 Å². The maximum atomic E-state index is 13.5. The third kappa shape index (κ3) is 3.18. The van der Waals surface area contributed by atoms with Crippen molar-refractivity contribution in [1.29, 1.82) is 0 Å². The second kappa shape index (κ2) is 7.73. The van der Waals surface area contributed by atoms with Crippen LogP contribution in [0.25, 0.3) is 0 Å². The first-order chi connectivity index (χ1) is 15.7. The van der Waals surface area contributed by atoms with Gasteiger partial charge in [0.15, 0.2) is 0 Å². The number of pyridine rings is 1. The third-order valence-electron chi connectivity index (χ3n) is 7.42. The van der Waals surface area contributed by atoms with Gasteiger partial charge >= 0.3 is 0 Å². The summed E-state index contributed by atoms with van der Waals surface area (Å²) in [5.41, 5.74) is 2.33. The highest BCUT2D eigenvalue weighted by Gasteiger charge is 2.42. The van der Waals surface area contributed by atoms with E-state index in [0.29, 0.717) is 18.9 Å². The van der Waals surface area contributed by atoms with Gasteiger partial charge in [-0.05, 0) is 43.2 Å². The van der Waals surface area contributed by atoms with E-state index in [9.17, 15) is 9.59 Å². The molecule has 0 saturated carbocycles. The lowest BCUT2D eigenvalue weighted by molar-refractivity contribution is 0.0511. The molecule has 1 fully saturated rings. The fourth-order valence-corrected chi connectivity index (χ4v) is 5.93. The number of hydrogen-bond donors (Lipinski definition) is 0. The van der Waals surface area contributed by atoms with Crippen LogP contribution in [-0.4, -0.2) is 43.2 Å². The van der Waals surface area contributed by atoms with Crippen molar-refractivity contribution >= 4 is 5.91 Å². The summed E-state index contributed by atoms with van der Waals surface area (Å²) in [6.45, 7) is 2.09. The Morgan fingerprint density at radius 2 is 1.88 bits per heavy atom. The smallest absolute Gasteiger partial charge is 0.291 e. The molecule has 1 saturated heterocycles. The second-order valence-corrected chi connectivity index (χ2v) is 9.37. The van der Waals surface area contributed by atoms with E-state index in [0.717, 1.165) is 50.2 Å². The van der Waals surface area contributed by atoms with Gasteiger partial charge in [-0.25, -0.2) is 0 Å². The Kier molecular flexibility index (Phi) is 4.70. The van der Waals surface area contributed by atoms with Crippen molar-refractivity contribution in [2.75, 3.05) is 13.1 Å². The van der Waals surface area contributed by atoms with Crippen LogP contribution in [0.1, 0.15) is 58.9 Å². The Hall–Kier alpha value is -3.22. The lowest BCUT2D eigenvalue weighted by atomic mass is 9.76. The fourth-order valence-electron chi connectivity index (χ4n) is 5.93. The van der Waals surface area contributed by atoms with Crippen molar-refractivity contribution in [3.63, 3.8) is 0 Å². The van der Waals surface area contributed by atoms with Gasteiger partial charge in [0.1, 0.15) is 5.82 Å². The molecular weight excluding hydrogens is 402 g/mol. The van der Waals surface area contributed by atoms with Gasteiger partial charge in [0.2, 0.25) is 5.82 Å². The molecule has 0 N–H and O–H groups in total. The number of rotatable bonds is 3. The first kappa shape index (κ1) is 19.5. The van der Waals surface area contributed by atoms with Gasteiger partial charge in [-0.3, -0.25) is 9.59 Å². The normalized spacial score (nSPS) is 24.0. The minimum absolute atomic E-state index is 0.0226. The van der Waals surface area contributed by atoms with E-state index in [2.05, 4.69) is 28.4 Å². The number of fused-ring (bicyclic) bond motifs is 5. The lowest BCUT2D eigenvalue weighted by Crippen LogP contribution is -2.52. The minimum atomic E-state index is -0.0226. The summed E-state index contributed by atoms with van der Waals surface area (Å²) in [5, 5.41) is 8.56. The maximum Gasteiger partial charge on any atom is 0.291 e. The summed E-state index contributed by atoms with van der Waals surface area (Å²) >= 11 is 0. The van der Waals surface area contributed by atoms with Crippen molar-refractivity contribution in [3.05, 3.63) is 81.8 Å². The van der Waals surface area contributed by atoms with Gasteiger partial charge < -0.3 is 14.0 Å². The summed E-state index contributed by atoms with van der Waals surface area (Å²) in [6.07, 6.45) is 4.85. The zero-order valence-electron chi connectivity index (χ0n) is 18.1. The Morgan fingerprint density at radius 1 is 1.00 bits per heavy atom. The number of piperidine rings is 1. The number of aryl methyl sites for hydroxylation is 1. The van der Waals surface area contributed by atoms with E-state index >= 15 is 0 Å². The fraction of sp³-hybridized carbons (Fsp3) is 0.440. The van der Waals surface area contributed by atoms with Crippen LogP contribution in [0.5, 0.6) is 0 Å². The molecule has 7 nitrogen and oxygen atoms in total. The average Bonchev–Trinajstić information content (AvgIpc) is 3.26. The van der Waals surface area contributed by atoms with Gasteiger partial charge in [0.25, 0.3) is 11.5 Å². The Morgan fingerprint density at radius 3 is 2.75 bits per heavy atom. The Balaban J connectivity index is 1.35. The van der Waals surface area contributed by atoms with Crippen molar-refractivity contribution < 1.29 is 4.79 Å². The highest BCUT2D eigenvalue weighted by molar-refractivity contribution is 5.91. The molecule has 1 aromatic carbocycles. The van der Waals surface area contributed by atoms with E-state index in [1.807, 2.05) is 38.3 Å². The van der Waals surface area contributed by atoms with Crippen LogP contribution in [0.4, 0.5) is 0 Å². The molecule has 6 rings (SSSR count). The van der Waals surface area contributed by atoms with Crippen LogP contribution in [0.3, 0.4) is 0 Å². The van der Waals surface area contributed by atoms with Gasteiger partial charge in [-0.1, -0.05) is 36.4 Å². The van der Waals surface area contributed by atoms with Crippen LogP contribution in [-0.2, 0) is 19.4 Å². The van der Waals surface area contributed by atoms with Crippen molar-refractivity contribution in [2.24, 2.45) is 5.92 Å². The van der Waals surface area contributed by atoms with Crippen LogP contribution < -0.4 is 5.56 Å². The number of nitrogens with zero attached hydrogens (tertiary/aromatic N) is 5. The van der Waals surface area contributed by atoms with Gasteiger partial charge in [0.05, 0.1) is 0 Å². The molecule has 32 heavy (non-hydrogen) atoms. The highest BCUT2D eigenvalue weighted by atomic mass is 16.2. The Labute approximate surface area is 186 Å². The van der Waals surface area contributed by atoms with E-state index in [1.165, 1.54) is 5.56 Å². The quantitative estimate of drug-likeness (QED) is 0.642. The van der Waals surface area contributed by atoms with E-state index in [1.54, 1.807) is 6.07 Å². The zero-order valence-corrected chi connectivity index (χ0v) is 18.1. The Bertz CT molecular complexity index is 1210. The number of hydrogen-bond acceptors (Lipinski definition) is 4. The first-order valence-corrected chi connectivity index (χ1v) is 11.7. The summed E-state index contributed by atoms with van der Waals surface area (Å²) in [5.74, 6) is 1.78. The SMILES string of the molecule is O=C(c1nnc2n1CCCC2)N1C[C@H]2C[C@@H](C1)[C@H](Cc1ccccc1)n1c2cccc1=O. The second-order valence-electron chi connectivity index (χ2n) is 9.37.